The van der Waals surface area contributed by atoms with E-state index in [1.807, 2.05) is 31.2 Å². The first kappa shape index (κ1) is 15.0. The molecule has 0 aliphatic heterocycles. The van der Waals surface area contributed by atoms with E-state index in [1.54, 1.807) is 18.7 Å². The highest BCUT2D eigenvalue weighted by molar-refractivity contribution is 7.13. The number of carbonyl (C=O) groups excluding carboxylic acids is 1. The summed E-state index contributed by atoms with van der Waals surface area (Å²) in [6.45, 7) is 1.81. The Labute approximate surface area is 126 Å². The Hall–Kier alpha value is -2.41. The van der Waals surface area contributed by atoms with Crippen molar-refractivity contribution in [2.45, 2.75) is 6.92 Å². The number of benzene rings is 1. The molecule has 7 heteroatoms. The molecule has 2 rings (SSSR count). The third-order valence-electron chi connectivity index (χ3n) is 2.51. The van der Waals surface area contributed by atoms with Crippen LogP contribution >= 0.6 is 11.3 Å². The molecule has 0 atom stereocenters. The average molecular weight is 305 g/mol. The number of allylic oxidation sites excluding steroid dienone is 1. The summed E-state index contributed by atoms with van der Waals surface area (Å²) in [7, 11) is 1.56. The van der Waals surface area contributed by atoms with Gasteiger partial charge in [0.05, 0.1) is 7.11 Å². The van der Waals surface area contributed by atoms with Crippen LogP contribution in [0.15, 0.2) is 29.8 Å². The molecule has 1 amide bonds. The first-order valence-electron chi connectivity index (χ1n) is 6.22. The number of nitrogens with zero attached hydrogens (tertiary/aromatic N) is 2. The molecule has 1 N–H and O–H groups in total. The third kappa shape index (κ3) is 4.28. The van der Waals surface area contributed by atoms with Crippen molar-refractivity contribution in [2.24, 2.45) is 0 Å². The van der Waals surface area contributed by atoms with Gasteiger partial charge in [0.1, 0.15) is 5.51 Å². The van der Waals surface area contributed by atoms with E-state index in [0.717, 1.165) is 5.56 Å². The van der Waals surface area contributed by atoms with E-state index in [-0.39, 0.29) is 12.5 Å². The predicted octanol–water partition coefficient (Wildman–Crippen LogP) is 2.60. The molecule has 0 saturated carbocycles. The fraction of sp³-hybridized carbons (Fsp3) is 0.214. The highest BCUT2D eigenvalue weighted by Gasteiger charge is 2.09. The number of carbonyl (C=O) groups is 1. The molecule has 0 aliphatic rings. The van der Waals surface area contributed by atoms with Crippen LogP contribution in [0.4, 0.5) is 5.13 Å². The van der Waals surface area contributed by atoms with Crippen molar-refractivity contribution in [3.05, 3.63) is 35.3 Å². The highest BCUT2D eigenvalue weighted by atomic mass is 32.1. The first-order valence-corrected chi connectivity index (χ1v) is 7.10. The van der Waals surface area contributed by atoms with Crippen LogP contribution in [-0.2, 0) is 4.79 Å². The average Bonchev–Trinajstić information content (AvgIpc) is 2.99. The molecule has 1 aromatic heterocycles. The Balaban J connectivity index is 1.97. The molecule has 0 aliphatic carbocycles. The minimum atomic E-state index is -0.300. The molecule has 0 spiro atoms. The number of anilines is 1. The smallest absolute Gasteiger partial charge is 0.264 e. The second-order valence-corrected chi connectivity index (χ2v) is 4.82. The number of rotatable bonds is 6. The number of aromatic nitrogens is 2. The summed E-state index contributed by atoms with van der Waals surface area (Å²) in [6.07, 6.45) is 3.89. The molecule has 1 aromatic carbocycles. The Morgan fingerprint density at radius 2 is 2.29 bits per heavy atom. The van der Waals surface area contributed by atoms with Crippen molar-refractivity contribution in [3.63, 3.8) is 0 Å². The Kier molecular flexibility index (Phi) is 5.28. The summed E-state index contributed by atoms with van der Waals surface area (Å²) in [4.78, 5) is 11.7. The largest absolute Gasteiger partial charge is 0.493 e. The Morgan fingerprint density at radius 1 is 1.43 bits per heavy atom. The van der Waals surface area contributed by atoms with E-state index >= 15 is 0 Å². The maximum absolute atomic E-state index is 11.7. The molecule has 0 radical (unpaired) electrons. The molecule has 1 heterocycles. The van der Waals surface area contributed by atoms with Gasteiger partial charge in [0, 0.05) is 0 Å². The van der Waals surface area contributed by atoms with Crippen LogP contribution < -0.4 is 14.8 Å². The third-order valence-corrected chi connectivity index (χ3v) is 3.12. The zero-order valence-electron chi connectivity index (χ0n) is 11.7. The topological polar surface area (TPSA) is 73.3 Å². The Morgan fingerprint density at radius 3 is 2.95 bits per heavy atom. The number of methoxy groups -OCH3 is 1. The number of amides is 1. The van der Waals surface area contributed by atoms with E-state index in [2.05, 4.69) is 15.5 Å². The first-order chi connectivity index (χ1) is 10.2. The molecule has 0 fully saturated rings. The predicted molar refractivity (Wildman–Crippen MR) is 81.7 cm³/mol. The van der Waals surface area contributed by atoms with Crippen molar-refractivity contribution < 1.29 is 14.3 Å². The number of ether oxygens (including phenoxy) is 2. The quantitative estimate of drug-likeness (QED) is 0.888. The minimum Gasteiger partial charge on any atom is -0.493 e. The maximum atomic E-state index is 11.7. The van der Waals surface area contributed by atoms with Crippen LogP contribution in [0.5, 0.6) is 11.5 Å². The monoisotopic (exact) mass is 305 g/mol. The summed E-state index contributed by atoms with van der Waals surface area (Å²) < 4.78 is 10.7. The van der Waals surface area contributed by atoms with E-state index in [4.69, 9.17) is 9.47 Å². The highest BCUT2D eigenvalue weighted by Crippen LogP contribution is 2.28. The van der Waals surface area contributed by atoms with Gasteiger partial charge < -0.3 is 9.47 Å². The van der Waals surface area contributed by atoms with Gasteiger partial charge >= 0.3 is 0 Å². The van der Waals surface area contributed by atoms with E-state index in [1.165, 1.54) is 11.3 Å². The number of nitrogens with one attached hydrogen (secondary N) is 1. The van der Waals surface area contributed by atoms with Gasteiger partial charge in [-0.3, -0.25) is 10.1 Å². The van der Waals surface area contributed by atoms with Crippen molar-refractivity contribution in [1.82, 2.24) is 10.2 Å². The van der Waals surface area contributed by atoms with Crippen LogP contribution in [-0.4, -0.2) is 29.8 Å². The lowest BCUT2D eigenvalue weighted by Gasteiger charge is -2.10. The van der Waals surface area contributed by atoms with Gasteiger partial charge in [-0.2, -0.15) is 0 Å². The van der Waals surface area contributed by atoms with Crippen LogP contribution in [0, 0.1) is 0 Å². The van der Waals surface area contributed by atoms with Gasteiger partial charge in [0.25, 0.3) is 5.91 Å². The Bertz CT molecular complexity index is 626. The van der Waals surface area contributed by atoms with Crippen molar-refractivity contribution in [2.75, 3.05) is 19.0 Å². The van der Waals surface area contributed by atoms with Crippen LogP contribution in [0.2, 0.25) is 0 Å². The van der Waals surface area contributed by atoms with Gasteiger partial charge in [-0.25, -0.2) is 0 Å². The minimum absolute atomic E-state index is 0.126. The van der Waals surface area contributed by atoms with Gasteiger partial charge in [0.2, 0.25) is 5.13 Å². The molecule has 0 unspecified atom stereocenters. The standard InChI is InChI=1S/C14H15N3O3S/c1-3-4-10-5-6-11(12(7-10)19-2)20-8-13(18)16-14-17-15-9-21-14/h3-7,9H,8H2,1-2H3,(H,16,17,18)/b4-3+. The van der Waals surface area contributed by atoms with Crippen molar-refractivity contribution >= 4 is 28.5 Å². The molecular formula is C14H15N3O3S. The van der Waals surface area contributed by atoms with Crippen molar-refractivity contribution in [3.8, 4) is 11.5 Å². The van der Waals surface area contributed by atoms with E-state index < -0.39 is 0 Å². The summed E-state index contributed by atoms with van der Waals surface area (Å²) in [5, 5.41) is 10.4. The summed E-state index contributed by atoms with van der Waals surface area (Å²) in [5.41, 5.74) is 2.54. The lowest BCUT2D eigenvalue weighted by Crippen LogP contribution is -2.20. The van der Waals surface area contributed by atoms with Crippen LogP contribution in [0.1, 0.15) is 12.5 Å². The van der Waals surface area contributed by atoms with Gasteiger partial charge in [-0.05, 0) is 24.6 Å². The summed E-state index contributed by atoms with van der Waals surface area (Å²) in [5.74, 6) is 0.791. The molecular weight excluding hydrogens is 290 g/mol. The normalized spacial score (nSPS) is 10.6. The van der Waals surface area contributed by atoms with Crippen LogP contribution in [0.25, 0.3) is 6.08 Å². The van der Waals surface area contributed by atoms with Gasteiger partial charge in [0.15, 0.2) is 18.1 Å². The summed E-state index contributed by atoms with van der Waals surface area (Å²) in [6, 6.07) is 5.50. The number of hydrogen-bond donors (Lipinski definition) is 1. The second-order valence-electron chi connectivity index (χ2n) is 3.99. The van der Waals surface area contributed by atoms with E-state index in [0.29, 0.717) is 16.6 Å². The second kappa shape index (κ2) is 7.39. The van der Waals surface area contributed by atoms with Gasteiger partial charge in [-0.1, -0.05) is 29.6 Å². The van der Waals surface area contributed by atoms with Crippen LogP contribution in [0.3, 0.4) is 0 Å². The molecule has 0 saturated heterocycles. The summed E-state index contributed by atoms with van der Waals surface area (Å²) >= 11 is 1.25. The zero-order valence-corrected chi connectivity index (χ0v) is 12.5. The fourth-order valence-corrected chi connectivity index (χ4v) is 2.09. The molecule has 21 heavy (non-hydrogen) atoms. The molecule has 110 valence electrons. The molecule has 2 aromatic rings. The number of hydrogen-bond acceptors (Lipinski definition) is 6. The van der Waals surface area contributed by atoms with E-state index in [9.17, 15) is 4.79 Å². The van der Waals surface area contributed by atoms with Crippen molar-refractivity contribution in [1.29, 1.82) is 0 Å². The lowest BCUT2D eigenvalue weighted by atomic mass is 10.2. The lowest BCUT2D eigenvalue weighted by molar-refractivity contribution is -0.118. The molecule has 0 bridgehead atoms. The zero-order chi connectivity index (χ0) is 15.1. The fourth-order valence-electron chi connectivity index (χ4n) is 1.63. The SMILES string of the molecule is C/C=C/c1ccc(OCC(=O)Nc2nncs2)c(OC)c1. The molecule has 6 nitrogen and oxygen atoms in total. The maximum Gasteiger partial charge on any atom is 0.264 e. The van der Waals surface area contributed by atoms with Gasteiger partial charge in [-0.15, -0.1) is 10.2 Å².